The lowest BCUT2D eigenvalue weighted by atomic mass is 9.63. The first-order valence-corrected chi connectivity index (χ1v) is 11.2. The summed E-state index contributed by atoms with van der Waals surface area (Å²) in [5.74, 6) is 1.50. The molecule has 1 saturated carbocycles. The van der Waals surface area contributed by atoms with Gasteiger partial charge < -0.3 is 15.6 Å². The van der Waals surface area contributed by atoms with Gasteiger partial charge in [-0.25, -0.2) is 0 Å². The van der Waals surface area contributed by atoms with Gasteiger partial charge in [0.05, 0.1) is 12.2 Å². The van der Waals surface area contributed by atoms with Crippen LogP contribution in [0.5, 0.6) is 5.75 Å². The highest BCUT2D eigenvalue weighted by Crippen LogP contribution is 2.51. The first-order valence-electron chi connectivity index (χ1n) is 11.2. The van der Waals surface area contributed by atoms with Crippen LogP contribution in [0.3, 0.4) is 0 Å². The summed E-state index contributed by atoms with van der Waals surface area (Å²) in [6, 6.07) is 3.68. The molecule has 1 aromatic carbocycles. The zero-order valence-electron chi connectivity index (χ0n) is 17.4. The predicted octanol–water partition coefficient (Wildman–Crippen LogP) is 3.83. The highest BCUT2D eigenvalue weighted by atomic mass is 16.5. The number of ketones is 1. The van der Waals surface area contributed by atoms with Gasteiger partial charge in [-0.2, -0.15) is 0 Å². The molecule has 0 aliphatic heterocycles. The number of ether oxygens (including phenoxy) is 1. The standard InChI is InChI=1S/C25H29NO4/c1-2-30-24-19-11-16(25(26)29)6-5-15(19)10-17-12-18-14(9-13-3-4-13)7-8-20(27)22(18)23(28)21(17)24/h6-8,13,15,17,19,27H,2-5,9-12H2,1H3,(H2,26,29). The Bertz CT molecular complexity index is 985. The van der Waals surface area contributed by atoms with Crippen molar-refractivity contribution >= 4 is 11.7 Å². The number of primary amides is 1. The molecule has 5 heteroatoms. The third-order valence-corrected chi connectivity index (χ3v) is 7.41. The van der Waals surface area contributed by atoms with Gasteiger partial charge >= 0.3 is 0 Å². The number of amides is 1. The average molecular weight is 408 g/mol. The van der Waals surface area contributed by atoms with Gasteiger partial charge in [0.25, 0.3) is 0 Å². The molecule has 1 aromatic rings. The second kappa shape index (κ2) is 7.29. The van der Waals surface area contributed by atoms with Gasteiger partial charge in [-0.15, -0.1) is 0 Å². The second-order valence-corrected chi connectivity index (χ2v) is 9.32. The Hall–Kier alpha value is -2.56. The van der Waals surface area contributed by atoms with E-state index in [2.05, 4.69) is 0 Å². The zero-order valence-corrected chi connectivity index (χ0v) is 17.4. The van der Waals surface area contributed by atoms with E-state index in [0.29, 0.717) is 30.1 Å². The Labute approximate surface area is 177 Å². The number of carbonyl (C=O) groups excluding carboxylic acids is 2. The fraction of sp³-hybridized carbons (Fsp3) is 0.520. The van der Waals surface area contributed by atoms with E-state index in [1.165, 1.54) is 18.4 Å². The Morgan fingerprint density at radius 1 is 1.27 bits per heavy atom. The normalized spacial score (nSPS) is 27.7. The van der Waals surface area contributed by atoms with Crippen LogP contribution in [-0.2, 0) is 22.4 Å². The van der Waals surface area contributed by atoms with Crippen LogP contribution in [0.25, 0.3) is 0 Å². The first-order chi connectivity index (χ1) is 14.5. The Kier molecular flexibility index (Phi) is 4.72. The molecule has 0 saturated heterocycles. The summed E-state index contributed by atoms with van der Waals surface area (Å²) in [5.41, 5.74) is 9.63. The summed E-state index contributed by atoms with van der Waals surface area (Å²) in [6.07, 6.45) is 8.48. The monoisotopic (exact) mass is 407 g/mol. The molecule has 3 unspecified atom stereocenters. The molecule has 0 radical (unpaired) electrons. The third kappa shape index (κ3) is 3.15. The maximum absolute atomic E-state index is 13.7. The second-order valence-electron chi connectivity index (χ2n) is 9.32. The average Bonchev–Trinajstić information content (AvgIpc) is 3.53. The molecule has 158 valence electrons. The molecule has 4 aliphatic rings. The molecule has 30 heavy (non-hydrogen) atoms. The van der Waals surface area contributed by atoms with E-state index in [0.717, 1.165) is 48.5 Å². The molecule has 5 nitrogen and oxygen atoms in total. The summed E-state index contributed by atoms with van der Waals surface area (Å²) in [6.45, 7) is 2.39. The molecule has 5 rings (SSSR count). The highest BCUT2D eigenvalue weighted by Gasteiger charge is 2.46. The highest BCUT2D eigenvalue weighted by molar-refractivity contribution is 6.13. The van der Waals surface area contributed by atoms with Crippen molar-refractivity contribution in [2.24, 2.45) is 29.4 Å². The van der Waals surface area contributed by atoms with Crippen molar-refractivity contribution in [1.29, 1.82) is 0 Å². The van der Waals surface area contributed by atoms with E-state index >= 15 is 0 Å². The van der Waals surface area contributed by atoms with Crippen LogP contribution in [0, 0.1) is 23.7 Å². The number of phenols is 1. The lowest BCUT2D eigenvalue weighted by Crippen LogP contribution is -2.38. The Morgan fingerprint density at radius 3 is 2.77 bits per heavy atom. The number of rotatable bonds is 5. The van der Waals surface area contributed by atoms with Crippen molar-refractivity contribution in [1.82, 2.24) is 0 Å². The molecular formula is C25H29NO4. The summed E-state index contributed by atoms with van der Waals surface area (Å²) >= 11 is 0. The quantitative estimate of drug-likeness (QED) is 0.776. The lowest BCUT2D eigenvalue weighted by Gasteiger charge is -2.43. The van der Waals surface area contributed by atoms with E-state index in [1.807, 2.05) is 19.1 Å². The van der Waals surface area contributed by atoms with Crippen molar-refractivity contribution < 1.29 is 19.4 Å². The van der Waals surface area contributed by atoms with E-state index in [9.17, 15) is 14.7 Å². The molecule has 0 bridgehead atoms. The summed E-state index contributed by atoms with van der Waals surface area (Å²) < 4.78 is 6.08. The maximum Gasteiger partial charge on any atom is 0.244 e. The van der Waals surface area contributed by atoms with E-state index in [-0.39, 0.29) is 29.3 Å². The zero-order chi connectivity index (χ0) is 21.0. The largest absolute Gasteiger partial charge is 0.507 e. The molecular weight excluding hydrogens is 378 g/mol. The number of hydrogen-bond acceptors (Lipinski definition) is 4. The number of carbonyl (C=O) groups is 2. The van der Waals surface area contributed by atoms with Crippen LogP contribution in [0.15, 0.2) is 35.1 Å². The van der Waals surface area contributed by atoms with Crippen LogP contribution >= 0.6 is 0 Å². The number of fused-ring (bicyclic) bond motifs is 3. The Balaban J connectivity index is 1.59. The predicted molar refractivity (Wildman–Crippen MR) is 113 cm³/mol. The number of aromatic hydroxyl groups is 1. The van der Waals surface area contributed by atoms with E-state index < -0.39 is 0 Å². The van der Waals surface area contributed by atoms with Gasteiger partial charge in [-0.05, 0) is 86.8 Å². The van der Waals surface area contributed by atoms with Gasteiger partial charge in [0.15, 0.2) is 5.78 Å². The molecule has 0 aromatic heterocycles. The van der Waals surface area contributed by atoms with Crippen LogP contribution in [-0.4, -0.2) is 23.4 Å². The summed E-state index contributed by atoms with van der Waals surface area (Å²) in [7, 11) is 0. The minimum Gasteiger partial charge on any atom is -0.507 e. The number of benzene rings is 1. The van der Waals surface area contributed by atoms with Crippen molar-refractivity contribution in [2.75, 3.05) is 6.61 Å². The van der Waals surface area contributed by atoms with Gasteiger partial charge in [0.2, 0.25) is 5.91 Å². The number of Topliss-reactive ketones (excluding diaryl/α,β-unsaturated/α-hetero) is 1. The van der Waals surface area contributed by atoms with Gasteiger partial charge in [0, 0.05) is 17.1 Å². The fourth-order valence-corrected chi connectivity index (χ4v) is 5.79. The van der Waals surface area contributed by atoms with Crippen LogP contribution in [0.1, 0.15) is 60.5 Å². The summed E-state index contributed by atoms with van der Waals surface area (Å²) in [4.78, 5) is 25.5. The third-order valence-electron chi connectivity index (χ3n) is 7.41. The Morgan fingerprint density at radius 2 is 2.07 bits per heavy atom. The number of phenolic OH excluding ortho intramolecular Hbond substituents is 1. The number of allylic oxidation sites excluding steroid dienone is 3. The van der Waals surface area contributed by atoms with Gasteiger partial charge in [-0.1, -0.05) is 12.1 Å². The smallest absolute Gasteiger partial charge is 0.244 e. The van der Waals surface area contributed by atoms with Crippen molar-refractivity contribution in [3.63, 3.8) is 0 Å². The van der Waals surface area contributed by atoms with Crippen molar-refractivity contribution in [2.45, 2.75) is 51.9 Å². The minimum absolute atomic E-state index is 0.00555. The molecule has 0 heterocycles. The molecule has 4 aliphatic carbocycles. The van der Waals surface area contributed by atoms with Crippen molar-refractivity contribution in [3.8, 4) is 5.75 Å². The molecule has 1 amide bonds. The van der Waals surface area contributed by atoms with Crippen molar-refractivity contribution in [3.05, 3.63) is 51.8 Å². The van der Waals surface area contributed by atoms with Gasteiger partial charge in [0.1, 0.15) is 11.5 Å². The van der Waals surface area contributed by atoms with E-state index in [1.54, 1.807) is 6.07 Å². The topological polar surface area (TPSA) is 89.6 Å². The summed E-state index contributed by atoms with van der Waals surface area (Å²) in [5, 5.41) is 10.6. The minimum atomic E-state index is -0.390. The lowest BCUT2D eigenvalue weighted by molar-refractivity contribution is -0.115. The first kappa shape index (κ1) is 19.4. The molecule has 0 spiro atoms. The number of nitrogens with two attached hydrogens (primary N) is 1. The SMILES string of the molecule is CCOC1=C2C(=O)c3c(O)ccc(CC4CC4)c3CC2CC2CC=C(C(N)=O)CC12. The van der Waals surface area contributed by atoms with Gasteiger partial charge in [-0.3, -0.25) is 9.59 Å². The maximum atomic E-state index is 13.7. The molecule has 1 fully saturated rings. The molecule has 3 N–H and O–H groups in total. The van der Waals surface area contributed by atoms with E-state index in [4.69, 9.17) is 10.5 Å². The molecule has 3 atom stereocenters. The van der Waals surface area contributed by atoms with Crippen LogP contribution in [0.2, 0.25) is 0 Å². The number of hydrogen-bond donors (Lipinski definition) is 2. The fourth-order valence-electron chi connectivity index (χ4n) is 5.79. The van der Waals surface area contributed by atoms with Crippen LogP contribution < -0.4 is 5.73 Å². The van der Waals surface area contributed by atoms with Crippen LogP contribution in [0.4, 0.5) is 0 Å².